The monoisotopic (exact) mass is 354 g/mol. The van der Waals surface area contributed by atoms with Crippen LogP contribution in [-0.4, -0.2) is 11.6 Å². The van der Waals surface area contributed by atoms with Gasteiger partial charge < -0.3 is 0 Å². The zero-order valence-electron chi connectivity index (χ0n) is 14.3. The lowest BCUT2D eigenvalue weighted by atomic mass is 9.76. The summed E-state index contributed by atoms with van der Waals surface area (Å²) in [7, 11) is 0. The van der Waals surface area contributed by atoms with E-state index in [0.717, 1.165) is 25.7 Å². The Labute approximate surface area is 154 Å². The summed E-state index contributed by atoms with van der Waals surface area (Å²) < 4.78 is 0. The van der Waals surface area contributed by atoms with Crippen LogP contribution in [0.25, 0.3) is 0 Å². The van der Waals surface area contributed by atoms with Gasteiger partial charge in [0.1, 0.15) is 5.78 Å². The number of carbonyl (C=O) groups excluding carboxylic acids is 2. The van der Waals surface area contributed by atoms with E-state index in [1.807, 2.05) is 6.07 Å². The summed E-state index contributed by atoms with van der Waals surface area (Å²) in [4.78, 5) is 24.6. The molecular weight excluding hydrogens is 332 g/mol. The lowest BCUT2D eigenvalue weighted by Crippen LogP contribution is -2.21. The summed E-state index contributed by atoms with van der Waals surface area (Å²) in [6, 6.07) is 17.4. The van der Waals surface area contributed by atoms with Gasteiger partial charge in [-0.3, -0.25) is 9.59 Å². The van der Waals surface area contributed by atoms with Crippen molar-refractivity contribution in [3.05, 3.63) is 70.7 Å². The molecule has 1 saturated carbocycles. The summed E-state index contributed by atoms with van der Waals surface area (Å²) in [6.07, 6.45) is 4.64. The molecule has 1 aliphatic rings. The van der Waals surface area contributed by atoms with E-state index in [-0.39, 0.29) is 17.5 Å². The van der Waals surface area contributed by atoms with Gasteiger partial charge in [-0.05, 0) is 61.4 Å². The Hall–Kier alpha value is -1.93. The van der Waals surface area contributed by atoms with Crippen LogP contribution in [0.5, 0.6) is 0 Å². The molecule has 0 spiro atoms. The lowest BCUT2D eigenvalue weighted by molar-refractivity contribution is -0.123. The maximum Gasteiger partial charge on any atom is 0.163 e. The second-order valence-corrected chi connectivity index (χ2v) is 7.29. The molecule has 3 rings (SSSR count). The van der Waals surface area contributed by atoms with Crippen molar-refractivity contribution in [1.29, 1.82) is 0 Å². The Balaban J connectivity index is 1.46. The van der Waals surface area contributed by atoms with Crippen molar-refractivity contribution in [2.24, 2.45) is 5.92 Å². The average Bonchev–Trinajstić information content (AvgIpc) is 2.67. The van der Waals surface area contributed by atoms with Gasteiger partial charge in [-0.15, -0.1) is 0 Å². The Morgan fingerprint density at radius 2 is 1.48 bits per heavy atom. The number of carbonyl (C=O) groups is 2. The van der Waals surface area contributed by atoms with E-state index in [0.29, 0.717) is 29.3 Å². The summed E-state index contributed by atoms with van der Waals surface area (Å²) in [5.74, 6) is 0.954. The van der Waals surface area contributed by atoms with Crippen LogP contribution in [0.2, 0.25) is 5.02 Å². The Bertz CT molecular complexity index is 713. The first kappa shape index (κ1) is 17.9. The van der Waals surface area contributed by atoms with Crippen molar-refractivity contribution < 1.29 is 9.59 Å². The summed E-state index contributed by atoms with van der Waals surface area (Å²) in [5, 5.41) is 0.614. The summed E-state index contributed by atoms with van der Waals surface area (Å²) in [6.45, 7) is 0. The van der Waals surface area contributed by atoms with E-state index in [1.54, 1.807) is 24.3 Å². The third kappa shape index (κ3) is 4.79. The number of ketones is 2. The van der Waals surface area contributed by atoms with Crippen LogP contribution in [-0.2, 0) is 4.79 Å². The molecule has 1 fully saturated rings. The quantitative estimate of drug-likeness (QED) is 0.610. The molecule has 0 saturated heterocycles. The van der Waals surface area contributed by atoms with Gasteiger partial charge >= 0.3 is 0 Å². The molecule has 0 N–H and O–H groups in total. The van der Waals surface area contributed by atoms with Crippen LogP contribution in [0, 0.1) is 5.92 Å². The fraction of sp³-hybridized carbons (Fsp3) is 0.364. The maximum atomic E-state index is 12.5. The zero-order valence-corrected chi connectivity index (χ0v) is 15.0. The fourth-order valence-electron chi connectivity index (χ4n) is 3.69. The highest BCUT2D eigenvalue weighted by atomic mass is 35.5. The van der Waals surface area contributed by atoms with E-state index in [1.165, 1.54) is 5.56 Å². The maximum absolute atomic E-state index is 12.5. The normalized spacial score (nSPS) is 20.2. The van der Waals surface area contributed by atoms with Gasteiger partial charge in [-0.25, -0.2) is 0 Å². The van der Waals surface area contributed by atoms with Crippen LogP contribution >= 0.6 is 11.6 Å². The van der Waals surface area contributed by atoms with Crippen LogP contribution in [0.3, 0.4) is 0 Å². The lowest BCUT2D eigenvalue weighted by Gasteiger charge is -2.28. The third-order valence-corrected chi connectivity index (χ3v) is 5.47. The van der Waals surface area contributed by atoms with Gasteiger partial charge in [0.05, 0.1) is 0 Å². The first-order valence-corrected chi connectivity index (χ1v) is 9.37. The molecule has 0 atom stereocenters. The van der Waals surface area contributed by atoms with Crippen molar-refractivity contribution in [2.75, 3.05) is 0 Å². The molecule has 2 nitrogen and oxygen atoms in total. The first-order chi connectivity index (χ1) is 12.1. The van der Waals surface area contributed by atoms with Gasteiger partial charge in [-0.2, -0.15) is 0 Å². The van der Waals surface area contributed by atoms with E-state index in [9.17, 15) is 9.59 Å². The highest BCUT2D eigenvalue weighted by Crippen LogP contribution is 2.36. The minimum atomic E-state index is 0.0167. The minimum absolute atomic E-state index is 0.0167. The number of hydrogen-bond donors (Lipinski definition) is 0. The molecule has 3 heteroatoms. The van der Waals surface area contributed by atoms with E-state index < -0.39 is 0 Å². The standard InChI is InChI=1S/C22H23ClO2/c23-20-12-10-19(11-13-20)22(25)15-14-21(24)18-8-6-17(7-9-18)16-4-2-1-3-5-16/h1-5,10-13,17-18H,6-9,14-15H2. The second-order valence-electron chi connectivity index (χ2n) is 6.86. The van der Waals surface area contributed by atoms with Crippen molar-refractivity contribution in [3.63, 3.8) is 0 Å². The van der Waals surface area contributed by atoms with Crippen molar-refractivity contribution in [3.8, 4) is 0 Å². The molecule has 0 aliphatic heterocycles. The van der Waals surface area contributed by atoms with E-state index in [4.69, 9.17) is 11.6 Å². The molecule has 0 unspecified atom stereocenters. The third-order valence-electron chi connectivity index (χ3n) is 5.22. The van der Waals surface area contributed by atoms with Gasteiger partial charge in [0.25, 0.3) is 0 Å². The largest absolute Gasteiger partial charge is 0.299 e. The molecule has 130 valence electrons. The number of benzene rings is 2. The van der Waals surface area contributed by atoms with Crippen LogP contribution in [0.1, 0.15) is 60.4 Å². The Kier molecular flexibility index (Phi) is 6.04. The topological polar surface area (TPSA) is 34.1 Å². The Morgan fingerprint density at radius 1 is 0.840 bits per heavy atom. The smallest absolute Gasteiger partial charge is 0.163 e. The molecule has 0 bridgehead atoms. The highest BCUT2D eigenvalue weighted by molar-refractivity contribution is 6.30. The molecule has 0 radical (unpaired) electrons. The summed E-state index contributed by atoms with van der Waals surface area (Å²) in [5.41, 5.74) is 2.01. The molecule has 0 heterocycles. The van der Waals surface area contributed by atoms with Gasteiger partial charge in [0.15, 0.2) is 5.78 Å². The molecular formula is C22H23ClO2. The predicted octanol–water partition coefficient (Wildman–Crippen LogP) is 5.85. The fourth-order valence-corrected chi connectivity index (χ4v) is 3.82. The number of rotatable bonds is 6. The Morgan fingerprint density at radius 3 is 2.12 bits per heavy atom. The van der Waals surface area contributed by atoms with Crippen molar-refractivity contribution in [2.45, 2.75) is 44.4 Å². The van der Waals surface area contributed by atoms with Crippen LogP contribution in [0.15, 0.2) is 54.6 Å². The summed E-state index contributed by atoms with van der Waals surface area (Å²) >= 11 is 5.84. The van der Waals surface area contributed by atoms with Crippen LogP contribution in [0.4, 0.5) is 0 Å². The predicted molar refractivity (Wildman–Crippen MR) is 101 cm³/mol. The van der Waals surface area contributed by atoms with Crippen molar-refractivity contribution in [1.82, 2.24) is 0 Å². The zero-order chi connectivity index (χ0) is 17.6. The molecule has 2 aromatic rings. The van der Waals surface area contributed by atoms with Gasteiger partial charge in [-0.1, -0.05) is 41.9 Å². The van der Waals surface area contributed by atoms with Crippen molar-refractivity contribution >= 4 is 23.2 Å². The van der Waals surface area contributed by atoms with Crippen LogP contribution < -0.4 is 0 Å². The average molecular weight is 355 g/mol. The minimum Gasteiger partial charge on any atom is -0.299 e. The first-order valence-electron chi connectivity index (χ1n) is 9.00. The molecule has 0 aromatic heterocycles. The van der Waals surface area contributed by atoms with E-state index in [2.05, 4.69) is 24.3 Å². The van der Waals surface area contributed by atoms with Gasteiger partial charge in [0, 0.05) is 29.3 Å². The molecule has 1 aliphatic carbocycles. The second kappa shape index (κ2) is 8.44. The number of Topliss-reactive ketones (excluding diaryl/α,β-unsaturated/α-hetero) is 2. The number of hydrogen-bond acceptors (Lipinski definition) is 2. The molecule has 25 heavy (non-hydrogen) atoms. The van der Waals surface area contributed by atoms with E-state index >= 15 is 0 Å². The van der Waals surface area contributed by atoms with Gasteiger partial charge in [0.2, 0.25) is 0 Å². The SMILES string of the molecule is O=C(CCC(=O)C1CCC(c2ccccc2)CC1)c1ccc(Cl)cc1. The molecule has 2 aromatic carbocycles. The molecule has 0 amide bonds. The highest BCUT2D eigenvalue weighted by Gasteiger charge is 2.27. The number of halogens is 1.